The molecule has 0 fully saturated rings. The van der Waals surface area contributed by atoms with Crippen molar-refractivity contribution >= 4 is 17.8 Å². The molecule has 2 aromatic carbocycles. The number of ether oxygens (including phenoxy) is 3. The van der Waals surface area contributed by atoms with E-state index in [4.69, 9.17) is 14.2 Å². The third kappa shape index (κ3) is 6.32. The third-order valence-corrected chi connectivity index (χ3v) is 6.64. The lowest BCUT2D eigenvalue weighted by atomic mass is 9.98. The number of aromatic nitrogens is 4. The number of H-pyrrole nitrogens is 1. The molecule has 3 aromatic rings. The number of carbonyl (C=O) groups is 2. The number of rotatable bonds is 10. The van der Waals surface area contributed by atoms with E-state index in [-0.39, 0.29) is 12.3 Å². The third-order valence-electron chi connectivity index (χ3n) is 6.64. The number of carbonyl (C=O) groups excluding carboxylic acids is 2. The summed E-state index contributed by atoms with van der Waals surface area (Å²) < 4.78 is 15.3. The Balaban J connectivity index is 1.74. The van der Waals surface area contributed by atoms with Crippen molar-refractivity contribution in [2.24, 2.45) is 0 Å². The number of nitrogens with zero attached hydrogens (tertiary/aromatic N) is 4. The van der Waals surface area contributed by atoms with E-state index in [9.17, 15) is 14.7 Å². The summed E-state index contributed by atoms with van der Waals surface area (Å²) in [5.74, 6) is -0.288. The van der Waals surface area contributed by atoms with E-state index in [1.54, 1.807) is 20.8 Å². The van der Waals surface area contributed by atoms with Gasteiger partial charge in [-0.05, 0) is 62.6 Å². The van der Waals surface area contributed by atoms with Crippen LogP contribution in [0.15, 0.2) is 59.9 Å². The maximum absolute atomic E-state index is 13.7. The Morgan fingerprint density at radius 1 is 1.07 bits per heavy atom. The van der Waals surface area contributed by atoms with Crippen LogP contribution >= 0.6 is 0 Å². The average molecular weight is 565 g/mol. The van der Waals surface area contributed by atoms with Crippen molar-refractivity contribution in [2.75, 3.05) is 11.5 Å². The van der Waals surface area contributed by atoms with Crippen LogP contribution in [-0.2, 0) is 19.0 Å². The molecule has 2 unspecified atom stereocenters. The number of hydrogen-bond acceptors (Lipinski definition) is 11. The predicted molar refractivity (Wildman–Crippen MR) is 151 cm³/mol. The van der Waals surface area contributed by atoms with E-state index in [1.807, 2.05) is 67.3 Å². The first-order chi connectivity index (χ1) is 19.5. The van der Waals surface area contributed by atoms with E-state index >= 15 is 0 Å². The Morgan fingerprint density at radius 3 is 2.34 bits per heavy atom. The van der Waals surface area contributed by atoms with Gasteiger partial charge in [0.05, 0.1) is 12.3 Å². The smallest absolute Gasteiger partial charge is 0.435 e. The largest absolute Gasteiger partial charge is 0.511 e. The normalized spacial score (nSPS) is 17.7. The molecule has 12 heteroatoms. The van der Waals surface area contributed by atoms with Crippen LogP contribution in [0.3, 0.4) is 0 Å². The fourth-order valence-electron chi connectivity index (χ4n) is 4.97. The van der Waals surface area contributed by atoms with Crippen molar-refractivity contribution < 1.29 is 28.9 Å². The topological polar surface area (TPSA) is 152 Å². The van der Waals surface area contributed by atoms with Gasteiger partial charge in [0.2, 0.25) is 12.1 Å². The van der Waals surface area contributed by atoms with Crippen molar-refractivity contribution in [3.8, 4) is 22.5 Å². The molecule has 1 aliphatic heterocycles. The fraction of sp³-hybridized carbons (Fsp3) is 0.414. The van der Waals surface area contributed by atoms with E-state index in [0.29, 0.717) is 23.6 Å². The molecule has 1 aliphatic rings. The first-order valence-electron chi connectivity index (χ1n) is 13.5. The SMILES string of the molecule is CCCC1(C)NC(C(C)(C)O)=C(C(=O)OC(C)OC(=O)OCC)N1c1ccc(-c2ccccc2-c2nn[nH]n2)cc1. The van der Waals surface area contributed by atoms with Gasteiger partial charge < -0.3 is 29.5 Å². The standard InChI is InChI=1S/C29H36N6O6/c1-7-17-29(6)30-24(28(4,5)38)23(26(36)40-18(3)41-27(37)39-8-2)35(29)20-15-13-19(14-16-20)21-11-9-10-12-22(21)25-31-33-34-32-25/h9-16,18,30,38H,7-8,17H2,1-6H3,(H,31,32,33,34). The van der Waals surface area contributed by atoms with Crippen LogP contribution in [0.2, 0.25) is 0 Å². The van der Waals surface area contributed by atoms with Crippen molar-refractivity contribution in [2.45, 2.75) is 71.9 Å². The molecule has 4 rings (SSSR count). The molecule has 2 heterocycles. The Bertz CT molecular complexity index is 1400. The molecule has 0 aliphatic carbocycles. The summed E-state index contributed by atoms with van der Waals surface area (Å²) in [6.07, 6.45) is -0.736. The zero-order chi connectivity index (χ0) is 29.8. The number of benzene rings is 2. The molecular weight excluding hydrogens is 528 g/mol. The molecule has 0 saturated heterocycles. The predicted octanol–water partition coefficient (Wildman–Crippen LogP) is 4.50. The minimum Gasteiger partial charge on any atom is -0.435 e. The van der Waals surface area contributed by atoms with Crippen molar-refractivity contribution in [3.05, 3.63) is 59.9 Å². The second-order valence-electron chi connectivity index (χ2n) is 10.4. The Morgan fingerprint density at radius 2 is 1.76 bits per heavy atom. The molecule has 0 radical (unpaired) electrons. The highest BCUT2D eigenvalue weighted by molar-refractivity contribution is 5.96. The molecule has 0 saturated carbocycles. The number of aliphatic hydroxyl groups is 1. The number of tetrazole rings is 1. The molecule has 0 amide bonds. The lowest BCUT2D eigenvalue weighted by Crippen LogP contribution is -2.52. The van der Waals surface area contributed by atoms with Crippen LogP contribution in [-0.4, -0.2) is 62.0 Å². The molecule has 218 valence electrons. The van der Waals surface area contributed by atoms with Crippen LogP contribution < -0.4 is 10.2 Å². The second kappa shape index (κ2) is 12.0. The van der Waals surface area contributed by atoms with Crippen LogP contribution in [0.25, 0.3) is 22.5 Å². The highest BCUT2D eigenvalue weighted by Gasteiger charge is 2.48. The maximum Gasteiger partial charge on any atom is 0.511 e. The molecular formula is C29H36N6O6. The molecule has 0 bridgehead atoms. The fourth-order valence-corrected chi connectivity index (χ4v) is 4.97. The number of anilines is 1. The lowest BCUT2D eigenvalue weighted by molar-refractivity contribution is -0.163. The lowest BCUT2D eigenvalue weighted by Gasteiger charge is -2.38. The quantitative estimate of drug-likeness (QED) is 0.236. The van der Waals surface area contributed by atoms with Gasteiger partial charge in [-0.15, -0.1) is 10.2 Å². The van der Waals surface area contributed by atoms with E-state index in [2.05, 4.69) is 25.9 Å². The number of esters is 1. The molecule has 1 aromatic heterocycles. The van der Waals surface area contributed by atoms with E-state index in [1.165, 1.54) is 6.92 Å². The average Bonchev–Trinajstić information content (AvgIpc) is 3.55. The van der Waals surface area contributed by atoms with Gasteiger partial charge in [0.25, 0.3) is 0 Å². The monoisotopic (exact) mass is 564 g/mol. The van der Waals surface area contributed by atoms with Gasteiger partial charge in [-0.3, -0.25) is 0 Å². The summed E-state index contributed by atoms with van der Waals surface area (Å²) in [5, 5.41) is 28.9. The van der Waals surface area contributed by atoms with Crippen molar-refractivity contribution in [3.63, 3.8) is 0 Å². The second-order valence-corrected chi connectivity index (χ2v) is 10.4. The zero-order valence-corrected chi connectivity index (χ0v) is 24.1. The van der Waals surface area contributed by atoms with Gasteiger partial charge in [-0.25, -0.2) is 9.59 Å². The Kier molecular flexibility index (Phi) is 8.62. The minimum absolute atomic E-state index is 0.118. The number of hydrogen-bond donors (Lipinski definition) is 3. The summed E-state index contributed by atoms with van der Waals surface area (Å²) in [6, 6.07) is 15.4. The summed E-state index contributed by atoms with van der Waals surface area (Å²) >= 11 is 0. The highest BCUT2D eigenvalue weighted by atomic mass is 16.8. The zero-order valence-electron chi connectivity index (χ0n) is 24.1. The van der Waals surface area contributed by atoms with Crippen molar-refractivity contribution in [1.29, 1.82) is 0 Å². The number of aromatic amines is 1. The Labute approximate surface area is 238 Å². The van der Waals surface area contributed by atoms with E-state index < -0.39 is 29.7 Å². The molecule has 3 N–H and O–H groups in total. The summed E-state index contributed by atoms with van der Waals surface area (Å²) in [7, 11) is 0. The van der Waals surface area contributed by atoms with Gasteiger partial charge >= 0.3 is 12.1 Å². The van der Waals surface area contributed by atoms with E-state index in [0.717, 1.165) is 23.1 Å². The van der Waals surface area contributed by atoms with Crippen LogP contribution in [0.4, 0.5) is 10.5 Å². The van der Waals surface area contributed by atoms with Crippen molar-refractivity contribution in [1.82, 2.24) is 25.9 Å². The van der Waals surface area contributed by atoms with Crippen LogP contribution in [0.1, 0.15) is 54.4 Å². The number of nitrogens with one attached hydrogen (secondary N) is 2. The maximum atomic E-state index is 13.7. The van der Waals surface area contributed by atoms with Gasteiger partial charge in [0.1, 0.15) is 11.3 Å². The van der Waals surface area contributed by atoms with Crippen LogP contribution in [0.5, 0.6) is 0 Å². The summed E-state index contributed by atoms with van der Waals surface area (Å²) in [4.78, 5) is 27.3. The minimum atomic E-state index is -1.41. The van der Waals surface area contributed by atoms with Gasteiger partial charge in [-0.1, -0.05) is 49.7 Å². The molecule has 12 nitrogen and oxygen atoms in total. The Hall–Kier alpha value is -4.45. The molecule has 41 heavy (non-hydrogen) atoms. The first-order valence-corrected chi connectivity index (χ1v) is 13.5. The van der Waals surface area contributed by atoms with Gasteiger partial charge in [-0.2, -0.15) is 5.21 Å². The molecule has 0 spiro atoms. The van der Waals surface area contributed by atoms with Crippen LogP contribution in [0, 0.1) is 0 Å². The van der Waals surface area contributed by atoms with Gasteiger partial charge in [0.15, 0.2) is 5.70 Å². The first kappa shape index (κ1) is 29.5. The highest BCUT2D eigenvalue weighted by Crippen LogP contribution is 2.41. The summed E-state index contributed by atoms with van der Waals surface area (Å²) in [5.41, 5.74) is 1.57. The van der Waals surface area contributed by atoms with Gasteiger partial charge in [0, 0.05) is 18.2 Å². The summed E-state index contributed by atoms with van der Waals surface area (Å²) in [6.45, 7) is 10.4. The molecule has 2 atom stereocenters.